The molecule has 0 saturated carbocycles. The molecule has 1 amide bonds. The van der Waals surface area contributed by atoms with E-state index in [9.17, 15) is 13.2 Å². The Balaban J connectivity index is 1.40. The number of aryl methyl sites for hydroxylation is 1. The first-order valence-electron chi connectivity index (χ1n) is 11.9. The van der Waals surface area contributed by atoms with Crippen LogP contribution in [-0.4, -0.2) is 37.5 Å². The number of sulfonamides is 1. The lowest BCUT2D eigenvalue weighted by Crippen LogP contribution is -2.46. The molecule has 3 aromatic rings. The van der Waals surface area contributed by atoms with E-state index in [-0.39, 0.29) is 30.2 Å². The summed E-state index contributed by atoms with van der Waals surface area (Å²) in [6.45, 7) is 0.730. The van der Waals surface area contributed by atoms with Crippen LogP contribution < -0.4 is 5.32 Å². The molecular weight excluding hydrogens is 444 g/mol. The van der Waals surface area contributed by atoms with Crippen LogP contribution in [0.3, 0.4) is 0 Å². The predicted octanol–water partition coefficient (Wildman–Crippen LogP) is 4.57. The van der Waals surface area contributed by atoms with E-state index in [1.807, 2.05) is 91.0 Å². The van der Waals surface area contributed by atoms with Crippen molar-refractivity contribution in [3.63, 3.8) is 0 Å². The normalized spacial score (nSPS) is 16.9. The van der Waals surface area contributed by atoms with Gasteiger partial charge in [0.1, 0.15) is 0 Å². The van der Waals surface area contributed by atoms with E-state index in [1.165, 1.54) is 4.31 Å². The molecule has 1 atom stereocenters. The Morgan fingerprint density at radius 2 is 1.44 bits per heavy atom. The van der Waals surface area contributed by atoms with Gasteiger partial charge in [0.05, 0.1) is 17.7 Å². The molecule has 6 heteroatoms. The van der Waals surface area contributed by atoms with Gasteiger partial charge in [-0.1, -0.05) is 91.0 Å². The van der Waals surface area contributed by atoms with Crippen LogP contribution >= 0.6 is 0 Å². The Hall–Kier alpha value is -2.96. The number of hydrogen-bond donors (Lipinski definition) is 1. The molecule has 1 fully saturated rings. The largest absolute Gasteiger partial charge is 0.345 e. The molecule has 1 saturated heterocycles. The van der Waals surface area contributed by atoms with E-state index < -0.39 is 10.0 Å². The van der Waals surface area contributed by atoms with Crippen molar-refractivity contribution < 1.29 is 13.2 Å². The summed E-state index contributed by atoms with van der Waals surface area (Å²) < 4.78 is 27.5. The summed E-state index contributed by atoms with van der Waals surface area (Å²) in [7, 11) is -3.40. The molecule has 0 radical (unpaired) electrons. The Morgan fingerprint density at radius 1 is 0.882 bits per heavy atom. The third kappa shape index (κ3) is 6.33. The van der Waals surface area contributed by atoms with Gasteiger partial charge in [0, 0.05) is 13.1 Å². The second-order valence-electron chi connectivity index (χ2n) is 8.87. The molecule has 0 aromatic heterocycles. The van der Waals surface area contributed by atoms with E-state index in [4.69, 9.17) is 0 Å². The van der Waals surface area contributed by atoms with Gasteiger partial charge in [0.25, 0.3) is 0 Å². The number of carbonyl (C=O) groups is 1. The number of nitrogens with one attached hydrogen (secondary N) is 1. The molecule has 0 spiro atoms. The summed E-state index contributed by atoms with van der Waals surface area (Å²) in [6.07, 6.45) is 2.69. The fourth-order valence-electron chi connectivity index (χ4n) is 4.55. The third-order valence-corrected chi connectivity index (χ3v) is 8.33. The Kier molecular flexibility index (Phi) is 8.14. The lowest BCUT2D eigenvalue weighted by atomic mass is 9.95. The fraction of sp³-hybridized carbons (Fsp3) is 0.321. The number of rotatable bonds is 9. The third-order valence-electron chi connectivity index (χ3n) is 6.41. The van der Waals surface area contributed by atoms with Crippen LogP contribution in [0, 0.1) is 5.92 Å². The van der Waals surface area contributed by atoms with Gasteiger partial charge in [-0.15, -0.1) is 0 Å². The Bertz CT molecular complexity index is 1110. The minimum absolute atomic E-state index is 0.0955. The lowest BCUT2D eigenvalue weighted by Gasteiger charge is -2.32. The highest BCUT2D eigenvalue weighted by atomic mass is 32.2. The zero-order valence-corrected chi connectivity index (χ0v) is 20.2. The van der Waals surface area contributed by atoms with Crippen LogP contribution in [0.4, 0.5) is 0 Å². The van der Waals surface area contributed by atoms with Gasteiger partial charge in [0.2, 0.25) is 15.9 Å². The van der Waals surface area contributed by atoms with Crippen molar-refractivity contribution in [3.05, 3.63) is 108 Å². The monoisotopic (exact) mass is 476 g/mol. The maximum absolute atomic E-state index is 13.3. The van der Waals surface area contributed by atoms with Gasteiger partial charge < -0.3 is 5.32 Å². The van der Waals surface area contributed by atoms with Crippen molar-refractivity contribution in [1.29, 1.82) is 0 Å². The van der Waals surface area contributed by atoms with Crippen molar-refractivity contribution in [2.45, 2.75) is 31.7 Å². The first kappa shape index (κ1) is 24.2. The molecule has 1 N–H and O–H groups in total. The second-order valence-corrected chi connectivity index (χ2v) is 11.0. The van der Waals surface area contributed by atoms with Crippen molar-refractivity contribution in [2.75, 3.05) is 18.8 Å². The van der Waals surface area contributed by atoms with Gasteiger partial charge in [-0.2, -0.15) is 0 Å². The molecule has 3 aromatic carbocycles. The molecular formula is C28H32N2O3S. The van der Waals surface area contributed by atoms with Crippen LogP contribution in [0.2, 0.25) is 0 Å². The molecule has 1 aliphatic heterocycles. The topological polar surface area (TPSA) is 66.5 Å². The smallest absolute Gasteiger partial charge is 0.225 e. The van der Waals surface area contributed by atoms with E-state index in [0.717, 1.165) is 23.1 Å². The number of hydrogen-bond acceptors (Lipinski definition) is 3. The molecule has 1 aliphatic rings. The number of carbonyl (C=O) groups excluding carboxylic acids is 1. The van der Waals surface area contributed by atoms with Crippen molar-refractivity contribution in [1.82, 2.24) is 9.62 Å². The first-order valence-corrected chi connectivity index (χ1v) is 13.6. The van der Waals surface area contributed by atoms with Crippen LogP contribution in [0.5, 0.6) is 0 Å². The molecule has 0 unspecified atom stereocenters. The highest BCUT2D eigenvalue weighted by Gasteiger charge is 2.33. The van der Waals surface area contributed by atoms with Gasteiger partial charge in [0.15, 0.2) is 0 Å². The molecule has 34 heavy (non-hydrogen) atoms. The first-order chi connectivity index (χ1) is 16.5. The summed E-state index contributed by atoms with van der Waals surface area (Å²) in [5.74, 6) is -0.346. The van der Waals surface area contributed by atoms with E-state index in [1.54, 1.807) is 0 Å². The van der Waals surface area contributed by atoms with E-state index in [2.05, 4.69) is 5.32 Å². The number of piperidine rings is 1. The van der Waals surface area contributed by atoms with Crippen molar-refractivity contribution in [2.24, 2.45) is 5.92 Å². The van der Waals surface area contributed by atoms with Crippen LogP contribution in [0.25, 0.3) is 0 Å². The molecule has 178 valence electrons. The van der Waals surface area contributed by atoms with Crippen LogP contribution in [0.15, 0.2) is 91.0 Å². The summed E-state index contributed by atoms with van der Waals surface area (Å²) in [5, 5.41) is 3.20. The number of benzene rings is 3. The van der Waals surface area contributed by atoms with Crippen LogP contribution in [-0.2, 0) is 21.2 Å². The molecule has 0 bridgehead atoms. The maximum Gasteiger partial charge on any atom is 0.225 e. The second kappa shape index (κ2) is 11.4. The molecule has 1 heterocycles. The summed E-state index contributed by atoms with van der Waals surface area (Å²) in [5.41, 5.74) is 3.15. The van der Waals surface area contributed by atoms with Gasteiger partial charge in [-0.05, 0) is 42.4 Å². The quantitative estimate of drug-likeness (QED) is 0.492. The molecule has 4 rings (SSSR count). The Labute approximate surface area is 202 Å². The van der Waals surface area contributed by atoms with Crippen LogP contribution in [0.1, 0.15) is 42.0 Å². The van der Waals surface area contributed by atoms with Crippen molar-refractivity contribution >= 4 is 15.9 Å². The summed E-state index contributed by atoms with van der Waals surface area (Å²) in [6, 6.07) is 29.4. The van der Waals surface area contributed by atoms with Gasteiger partial charge >= 0.3 is 0 Å². The van der Waals surface area contributed by atoms with Crippen molar-refractivity contribution in [3.8, 4) is 0 Å². The zero-order valence-electron chi connectivity index (χ0n) is 19.3. The summed E-state index contributed by atoms with van der Waals surface area (Å²) >= 11 is 0. The standard InChI is InChI=1S/C28H32N2O3S/c31-28(29-27(24-15-6-2-7-16-24)25-17-8-3-9-18-25)26-19-10-20-30(22-26)34(32,33)21-11-14-23-12-4-1-5-13-23/h1-9,12-13,15-18,26-27H,10-11,14,19-22H2,(H,29,31)/t26-/m1/s1. The number of amides is 1. The average molecular weight is 477 g/mol. The zero-order chi connectivity index (χ0) is 23.8. The Morgan fingerprint density at radius 3 is 2.03 bits per heavy atom. The fourth-order valence-corrected chi connectivity index (χ4v) is 6.13. The summed E-state index contributed by atoms with van der Waals surface area (Å²) in [4.78, 5) is 13.3. The van der Waals surface area contributed by atoms with E-state index >= 15 is 0 Å². The predicted molar refractivity (Wildman–Crippen MR) is 136 cm³/mol. The minimum atomic E-state index is -3.40. The highest BCUT2D eigenvalue weighted by molar-refractivity contribution is 7.89. The lowest BCUT2D eigenvalue weighted by molar-refractivity contribution is -0.126. The SMILES string of the molecule is O=C(NC(c1ccccc1)c1ccccc1)[C@@H]1CCCN(S(=O)(=O)CCCc2ccccc2)C1. The van der Waals surface area contributed by atoms with Gasteiger partial charge in [-0.25, -0.2) is 12.7 Å². The minimum Gasteiger partial charge on any atom is -0.345 e. The van der Waals surface area contributed by atoms with Gasteiger partial charge in [-0.3, -0.25) is 4.79 Å². The number of nitrogens with zero attached hydrogens (tertiary/aromatic N) is 1. The maximum atomic E-state index is 13.3. The average Bonchev–Trinajstić information content (AvgIpc) is 2.89. The highest BCUT2D eigenvalue weighted by Crippen LogP contribution is 2.25. The molecule has 0 aliphatic carbocycles. The molecule has 5 nitrogen and oxygen atoms in total. The van der Waals surface area contributed by atoms with E-state index in [0.29, 0.717) is 25.8 Å².